The minimum atomic E-state index is 1.28. The fraction of sp³-hybridized carbons (Fsp3) is 0.750. The van der Waals surface area contributed by atoms with Gasteiger partial charge in [0, 0.05) is 0 Å². The van der Waals surface area contributed by atoms with Gasteiger partial charge in [0.1, 0.15) is 0 Å². The van der Waals surface area contributed by atoms with Crippen molar-refractivity contribution in [1.82, 2.24) is 0 Å². The van der Waals surface area contributed by atoms with Crippen LogP contribution in [0.5, 0.6) is 0 Å². The molecule has 80 heavy (non-hydrogen) atoms. The second kappa shape index (κ2) is 72.5. The van der Waals surface area contributed by atoms with Crippen LogP contribution in [0.3, 0.4) is 0 Å². The van der Waals surface area contributed by atoms with Gasteiger partial charge in [-0.15, -0.1) is 0 Å². The molecule has 0 fully saturated rings. The molecule has 0 nitrogen and oxygen atoms in total. The molecule has 0 amide bonds. The van der Waals surface area contributed by atoms with E-state index in [-0.39, 0.29) is 0 Å². The molecule has 1 rings (SSSR count). The zero-order valence-corrected chi connectivity index (χ0v) is 54.0. The van der Waals surface area contributed by atoms with E-state index >= 15 is 0 Å². The molecule has 0 aromatic heterocycles. The van der Waals surface area contributed by atoms with Crippen molar-refractivity contribution in [2.45, 2.75) is 385 Å². The van der Waals surface area contributed by atoms with E-state index in [2.05, 4.69) is 122 Å². The lowest BCUT2D eigenvalue weighted by Gasteiger charge is -2.00. The molecule has 0 radical (unpaired) electrons. The van der Waals surface area contributed by atoms with Gasteiger partial charge in [-0.3, -0.25) is 0 Å². The molecule has 0 unspecified atom stereocenters. The molecule has 0 N–H and O–H groups in total. The van der Waals surface area contributed by atoms with Crippen LogP contribution in [0.1, 0.15) is 385 Å². The molecule has 0 spiro atoms. The molecular formula is C80H140. The van der Waals surface area contributed by atoms with E-state index in [1.54, 1.807) is 0 Å². The Bertz CT molecular complexity index is 986. The highest BCUT2D eigenvalue weighted by molar-refractivity contribution is 4.88. The maximum absolute atomic E-state index is 2.46. The van der Waals surface area contributed by atoms with Crippen molar-refractivity contribution in [3.8, 4) is 0 Å². The Morgan fingerprint density at radius 1 is 0.0625 bits per heavy atom. The van der Waals surface area contributed by atoms with Gasteiger partial charge in [0.25, 0.3) is 0 Å². The molecule has 0 bridgehead atoms. The highest BCUT2D eigenvalue weighted by Crippen LogP contribution is 2.16. The number of rotatable bonds is 0. The minimum Gasteiger partial charge on any atom is -0.0885 e. The molecule has 0 heteroatoms. The molecule has 0 atom stereocenters. The topological polar surface area (TPSA) is 0 Å². The van der Waals surface area contributed by atoms with Crippen LogP contribution in [0.4, 0.5) is 0 Å². The highest BCUT2D eigenvalue weighted by atomic mass is 14.0. The van der Waals surface area contributed by atoms with Crippen molar-refractivity contribution in [3.63, 3.8) is 0 Å². The number of allylic oxidation sites excluding steroid dienone is 20. The van der Waals surface area contributed by atoms with Crippen LogP contribution < -0.4 is 0 Å². The Kier molecular flexibility index (Phi) is 68.3. The summed E-state index contributed by atoms with van der Waals surface area (Å²) in [7, 11) is 0. The van der Waals surface area contributed by atoms with Gasteiger partial charge in [0.2, 0.25) is 0 Å². The monoisotopic (exact) mass is 1100 g/mol. The van der Waals surface area contributed by atoms with Crippen molar-refractivity contribution in [2.24, 2.45) is 0 Å². The summed E-state index contributed by atoms with van der Waals surface area (Å²) >= 11 is 0. The quantitative estimate of drug-likeness (QED) is 0.212. The third kappa shape index (κ3) is 69.7. The molecule has 0 aromatic carbocycles. The summed E-state index contributed by atoms with van der Waals surface area (Å²) < 4.78 is 0. The van der Waals surface area contributed by atoms with Gasteiger partial charge < -0.3 is 0 Å². The molecule has 0 aliphatic heterocycles. The lowest BCUT2D eigenvalue weighted by atomic mass is 10.1. The van der Waals surface area contributed by atoms with Gasteiger partial charge in [-0.1, -0.05) is 250 Å². The average molecular weight is 1100 g/mol. The molecular weight excluding hydrogens is 961 g/mol. The summed E-state index contributed by atoms with van der Waals surface area (Å²) in [6.07, 6.45) is 130. The van der Waals surface area contributed by atoms with E-state index in [0.717, 1.165) is 0 Å². The van der Waals surface area contributed by atoms with E-state index in [1.807, 2.05) is 0 Å². The maximum atomic E-state index is 2.46. The Hall–Kier alpha value is -2.60. The van der Waals surface area contributed by atoms with E-state index < -0.39 is 0 Å². The van der Waals surface area contributed by atoms with E-state index in [9.17, 15) is 0 Å². The normalized spacial score (nSPS) is 23.2. The summed E-state index contributed by atoms with van der Waals surface area (Å²) in [5.74, 6) is 0. The van der Waals surface area contributed by atoms with Gasteiger partial charge in [-0.25, -0.2) is 0 Å². The van der Waals surface area contributed by atoms with E-state index in [1.165, 1.54) is 385 Å². The van der Waals surface area contributed by atoms with Crippen LogP contribution in [0, 0.1) is 0 Å². The van der Waals surface area contributed by atoms with Crippen molar-refractivity contribution in [3.05, 3.63) is 122 Å². The number of hydrogen-bond donors (Lipinski definition) is 0. The molecule has 1 aliphatic carbocycles. The Morgan fingerprint density at radius 3 is 0.163 bits per heavy atom. The molecule has 0 saturated heterocycles. The molecule has 1 aliphatic rings. The summed E-state index contributed by atoms with van der Waals surface area (Å²) in [5.41, 5.74) is 0. The van der Waals surface area contributed by atoms with Crippen LogP contribution >= 0.6 is 0 Å². The first-order valence-electron chi connectivity index (χ1n) is 36.5. The standard InChI is InChI=1S/C80H140/c1-2-4-6-8-10-12-14-16-18-20-22-24-26-28-30-32-34-36-38-40-42-44-46-48-50-52-54-56-58-60-62-64-66-68-70-72-74-76-78-80-79-77-75-73-71-69-67-65-63-61-59-57-55-53-51-49-47-45-43-41-39-37-35-33-31-29-27-25-23-21-19-17-15-13-11-9-7-5-3-1/h1-2,15-18,31-34,47-50,63-66,79-80H,3-14,19-30,35-46,51-62,67-78H2/b2-1+,17-15+,18-16?,33-31?,34-32?,49-47?,50-48?,65-63?,66-64+,80-79?. The van der Waals surface area contributed by atoms with Crippen LogP contribution in [0.25, 0.3) is 0 Å². The second-order valence-corrected chi connectivity index (χ2v) is 24.6. The van der Waals surface area contributed by atoms with Gasteiger partial charge >= 0.3 is 0 Å². The van der Waals surface area contributed by atoms with Crippen molar-refractivity contribution < 1.29 is 0 Å². The van der Waals surface area contributed by atoms with Crippen LogP contribution in [-0.2, 0) is 0 Å². The lowest BCUT2D eigenvalue weighted by molar-refractivity contribution is 0.638. The van der Waals surface area contributed by atoms with Gasteiger partial charge in [0.15, 0.2) is 0 Å². The van der Waals surface area contributed by atoms with Crippen LogP contribution in [0.15, 0.2) is 122 Å². The molecule has 460 valence electrons. The lowest BCUT2D eigenvalue weighted by Crippen LogP contribution is -1.80. The average Bonchev–Trinajstić information content (AvgIpc) is 3.47. The Morgan fingerprint density at radius 2 is 0.113 bits per heavy atom. The molecule has 0 saturated carbocycles. The van der Waals surface area contributed by atoms with E-state index in [4.69, 9.17) is 0 Å². The van der Waals surface area contributed by atoms with Crippen molar-refractivity contribution in [2.75, 3.05) is 0 Å². The smallest absolute Gasteiger partial charge is 0.0351 e. The minimum absolute atomic E-state index is 1.28. The fourth-order valence-electron chi connectivity index (χ4n) is 11.1. The fourth-order valence-corrected chi connectivity index (χ4v) is 11.1. The third-order valence-electron chi connectivity index (χ3n) is 16.6. The maximum Gasteiger partial charge on any atom is -0.0351 e. The SMILES string of the molecule is C1=CCCCCCCC=CCCCCCC/C=C/CCCCCCC=CCCCCCCC=CCCCCCCC=CCCCCCC/C=C/CCCCCC/C=C/CCCCCCC=CCCCCCCC=CCCCCCC1. The summed E-state index contributed by atoms with van der Waals surface area (Å²) in [4.78, 5) is 0. The number of hydrogen-bond acceptors (Lipinski definition) is 0. The summed E-state index contributed by atoms with van der Waals surface area (Å²) in [6.45, 7) is 0. The predicted octanol–water partition coefficient (Wildman–Crippen LogP) is 29.0. The largest absolute Gasteiger partial charge is 0.0885 e. The third-order valence-corrected chi connectivity index (χ3v) is 16.6. The first-order valence-corrected chi connectivity index (χ1v) is 36.5. The molecule has 0 aromatic rings. The van der Waals surface area contributed by atoms with Gasteiger partial charge in [0.05, 0.1) is 0 Å². The zero-order chi connectivity index (χ0) is 56.6. The first kappa shape index (κ1) is 75.4. The Balaban J connectivity index is 2.13. The van der Waals surface area contributed by atoms with Crippen molar-refractivity contribution >= 4 is 0 Å². The zero-order valence-electron chi connectivity index (χ0n) is 54.0. The van der Waals surface area contributed by atoms with Gasteiger partial charge in [-0.2, -0.15) is 0 Å². The Labute approximate surface area is 504 Å². The van der Waals surface area contributed by atoms with Gasteiger partial charge in [-0.05, 0) is 257 Å². The van der Waals surface area contributed by atoms with Crippen LogP contribution in [-0.4, -0.2) is 0 Å². The second-order valence-electron chi connectivity index (χ2n) is 24.6. The summed E-state index contributed by atoms with van der Waals surface area (Å²) in [6, 6.07) is 0. The van der Waals surface area contributed by atoms with Crippen LogP contribution in [0.2, 0.25) is 0 Å². The first-order chi connectivity index (χ1) is 40.0. The predicted molar refractivity (Wildman–Crippen MR) is 368 cm³/mol. The highest BCUT2D eigenvalue weighted by Gasteiger charge is 1.96. The van der Waals surface area contributed by atoms with E-state index in [0.29, 0.717) is 0 Å². The molecule has 0 heterocycles. The summed E-state index contributed by atoms with van der Waals surface area (Å²) in [5, 5.41) is 0. The van der Waals surface area contributed by atoms with Crippen molar-refractivity contribution in [1.29, 1.82) is 0 Å².